The van der Waals surface area contributed by atoms with Gasteiger partial charge in [-0.2, -0.15) is 8.42 Å². The molecule has 14 heavy (non-hydrogen) atoms. The van der Waals surface area contributed by atoms with Gasteiger partial charge in [0.2, 0.25) is 0 Å². The molecule has 0 amide bonds. The third-order valence-corrected chi connectivity index (χ3v) is 4.41. The minimum atomic E-state index is -4.12. The van der Waals surface area contributed by atoms with Crippen LogP contribution >= 0.6 is 0 Å². The molecule has 0 aromatic rings. The molecule has 1 aliphatic heterocycles. The number of likely N-dealkylation sites (N-methyl/N-ethyl adjacent to an activating group) is 1. The van der Waals surface area contributed by atoms with Crippen LogP contribution in [0.1, 0.15) is 20.8 Å². The van der Waals surface area contributed by atoms with E-state index in [0.717, 1.165) is 0 Å². The van der Waals surface area contributed by atoms with E-state index >= 15 is 0 Å². The molecule has 1 rings (SSSR count). The van der Waals surface area contributed by atoms with Gasteiger partial charge in [0.05, 0.1) is 6.61 Å². The lowest BCUT2D eigenvalue weighted by Gasteiger charge is -2.35. The monoisotopic (exact) mass is 223 g/mol. The molecule has 2 unspecified atom stereocenters. The highest BCUT2D eigenvalue weighted by molar-refractivity contribution is 7.87. The predicted octanol–water partition coefficient (Wildman–Crippen LogP) is 0.331. The van der Waals surface area contributed by atoms with Crippen LogP contribution in [-0.4, -0.2) is 48.5 Å². The van der Waals surface area contributed by atoms with Gasteiger partial charge >= 0.3 is 0 Å². The molecule has 0 bridgehead atoms. The predicted molar refractivity (Wildman–Crippen MR) is 52.6 cm³/mol. The van der Waals surface area contributed by atoms with Gasteiger partial charge in [0.15, 0.2) is 4.87 Å². The van der Waals surface area contributed by atoms with Crippen molar-refractivity contribution in [2.45, 2.75) is 31.7 Å². The summed E-state index contributed by atoms with van der Waals surface area (Å²) in [5.74, 6) is 0. The molecular weight excluding hydrogens is 206 g/mol. The van der Waals surface area contributed by atoms with Gasteiger partial charge in [-0.15, -0.1) is 0 Å². The van der Waals surface area contributed by atoms with E-state index in [4.69, 9.17) is 4.74 Å². The maximum absolute atomic E-state index is 11.3. The lowest BCUT2D eigenvalue weighted by molar-refractivity contribution is 0.142. The Morgan fingerprint density at radius 3 is 2.14 bits per heavy atom. The van der Waals surface area contributed by atoms with Crippen LogP contribution < -0.4 is 0 Å². The van der Waals surface area contributed by atoms with Crippen LogP contribution in [-0.2, 0) is 14.9 Å². The normalized spacial score (nSPS) is 26.2. The van der Waals surface area contributed by atoms with Crippen LogP contribution in [0.25, 0.3) is 0 Å². The second kappa shape index (κ2) is 3.77. The molecule has 0 spiro atoms. The van der Waals surface area contributed by atoms with Crippen LogP contribution in [0.15, 0.2) is 0 Å². The van der Waals surface area contributed by atoms with E-state index in [-0.39, 0.29) is 0 Å². The summed E-state index contributed by atoms with van der Waals surface area (Å²) in [6.07, 6.45) is -0.405. The third kappa shape index (κ3) is 1.79. The van der Waals surface area contributed by atoms with E-state index < -0.39 is 21.1 Å². The van der Waals surface area contributed by atoms with Crippen LogP contribution in [0.3, 0.4) is 0 Å². The number of epoxide rings is 1. The average molecular weight is 223 g/mol. The van der Waals surface area contributed by atoms with Crippen LogP contribution in [0.5, 0.6) is 0 Å². The quantitative estimate of drug-likeness (QED) is 0.537. The van der Waals surface area contributed by atoms with E-state index in [1.165, 1.54) is 6.92 Å². The zero-order valence-corrected chi connectivity index (χ0v) is 9.54. The van der Waals surface area contributed by atoms with E-state index in [1.807, 2.05) is 13.8 Å². The molecule has 1 N–H and O–H groups in total. The van der Waals surface area contributed by atoms with Crippen molar-refractivity contribution in [2.24, 2.45) is 0 Å². The lowest BCUT2D eigenvalue weighted by Crippen LogP contribution is -2.56. The standard InChI is InChI=1S/C8H17NO4S/c1-4-9(5-2)8(3,7-6-13-7)14(10,11)12/h7H,4-6H2,1-3H3,(H,10,11,12). The minimum Gasteiger partial charge on any atom is -0.370 e. The first-order chi connectivity index (χ1) is 6.37. The van der Waals surface area contributed by atoms with Gasteiger partial charge in [-0.05, 0) is 20.0 Å². The highest BCUT2D eigenvalue weighted by Crippen LogP contribution is 2.34. The Bertz CT molecular complexity index is 294. The second-order valence-electron chi connectivity index (χ2n) is 3.52. The fraction of sp³-hybridized carbons (Fsp3) is 1.00. The van der Waals surface area contributed by atoms with Gasteiger partial charge in [-0.3, -0.25) is 9.45 Å². The maximum Gasteiger partial charge on any atom is 0.286 e. The van der Waals surface area contributed by atoms with Crippen molar-refractivity contribution in [3.05, 3.63) is 0 Å². The molecule has 84 valence electrons. The molecule has 0 aliphatic carbocycles. The van der Waals surface area contributed by atoms with Crippen LogP contribution in [0, 0.1) is 0 Å². The van der Waals surface area contributed by atoms with Gasteiger partial charge in [0, 0.05) is 0 Å². The van der Waals surface area contributed by atoms with Crippen molar-refractivity contribution >= 4 is 10.1 Å². The summed E-state index contributed by atoms with van der Waals surface area (Å²) >= 11 is 0. The zero-order chi connectivity index (χ0) is 11.0. The van der Waals surface area contributed by atoms with E-state index in [9.17, 15) is 13.0 Å². The fourth-order valence-corrected chi connectivity index (χ4v) is 2.79. The third-order valence-electron chi connectivity index (χ3n) is 2.84. The zero-order valence-electron chi connectivity index (χ0n) is 8.73. The number of hydrogen-bond donors (Lipinski definition) is 1. The number of ether oxygens (including phenoxy) is 1. The van der Waals surface area contributed by atoms with Crippen molar-refractivity contribution in [1.29, 1.82) is 0 Å². The molecule has 1 saturated heterocycles. The van der Waals surface area contributed by atoms with Crippen molar-refractivity contribution in [3.63, 3.8) is 0 Å². The summed E-state index contributed by atoms with van der Waals surface area (Å²) in [5, 5.41) is 0. The lowest BCUT2D eigenvalue weighted by atomic mass is 10.2. The minimum absolute atomic E-state index is 0.396. The molecule has 0 saturated carbocycles. The molecule has 6 heteroatoms. The highest BCUT2D eigenvalue weighted by Gasteiger charge is 2.55. The first kappa shape index (κ1) is 11.9. The van der Waals surface area contributed by atoms with Crippen LogP contribution in [0.2, 0.25) is 0 Å². The summed E-state index contributed by atoms with van der Waals surface area (Å²) in [7, 11) is -4.12. The summed E-state index contributed by atoms with van der Waals surface area (Å²) in [4.78, 5) is 0.399. The number of hydrogen-bond acceptors (Lipinski definition) is 4. The largest absolute Gasteiger partial charge is 0.370 e. The summed E-state index contributed by atoms with van der Waals surface area (Å²) in [5.41, 5.74) is 0. The Hall–Kier alpha value is -0.170. The Morgan fingerprint density at radius 2 is 1.93 bits per heavy atom. The van der Waals surface area contributed by atoms with Crippen molar-refractivity contribution in [1.82, 2.24) is 4.90 Å². The first-order valence-electron chi connectivity index (χ1n) is 4.71. The van der Waals surface area contributed by atoms with Gasteiger partial charge in [0.1, 0.15) is 6.10 Å². The summed E-state index contributed by atoms with van der Waals surface area (Å²) < 4.78 is 36.9. The van der Waals surface area contributed by atoms with Crippen molar-refractivity contribution in [3.8, 4) is 0 Å². The molecule has 1 fully saturated rings. The van der Waals surface area contributed by atoms with Crippen LogP contribution in [0.4, 0.5) is 0 Å². The molecule has 0 aromatic heterocycles. The van der Waals surface area contributed by atoms with E-state index in [2.05, 4.69) is 0 Å². The van der Waals surface area contributed by atoms with Gasteiger partial charge < -0.3 is 4.74 Å². The molecular formula is C8H17NO4S. The summed E-state index contributed by atoms with van der Waals surface area (Å²) in [6, 6.07) is 0. The van der Waals surface area contributed by atoms with Crippen molar-refractivity contribution < 1.29 is 17.7 Å². The highest BCUT2D eigenvalue weighted by atomic mass is 32.2. The average Bonchev–Trinajstić information content (AvgIpc) is 2.86. The topological polar surface area (TPSA) is 70.1 Å². The smallest absolute Gasteiger partial charge is 0.286 e. The first-order valence-corrected chi connectivity index (χ1v) is 6.15. The van der Waals surface area contributed by atoms with Gasteiger partial charge in [-0.25, -0.2) is 0 Å². The van der Waals surface area contributed by atoms with E-state index in [0.29, 0.717) is 19.7 Å². The SMILES string of the molecule is CCN(CC)C(C)(C1CO1)S(=O)(=O)O. The fourth-order valence-electron chi connectivity index (χ4n) is 1.74. The Labute approximate surface area is 84.8 Å². The number of rotatable bonds is 5. The molecule has 1 aliphatic rings. The Kier molecular flexibility index (Phi) is 3.20. The molecule has 1 heterocycles. The molecule has 0 radical (unpaired) electrons. The van der Waals surface area contributed by atoms with Gasteiger partial charge in [-0.1, -0.05) is 13.8 Å². The van der Waals surface area contributed by atoms with E-state index in [1.54, 1.807) is 4.90 Å². The number of nitrogens with zero attached hydrogens (tertiary/aromatic N) is 1. The molecule has 5 nitrogen and oxygen atoms in total. The van der Waals surface area contributed by atoms with Gasteiger partial charge in [0.25, 0.3) is 10.1 Å². The molecule has 0 aromatic carbocycles. The molecule has 2 atom stereocenters. The van der Waals surface area contributed by atoms with Crippen molar-refractivity contribution in [2.75, 3.05) is 19.7 Å². The Morgan fingerprint density at radius 1 is 1.50 bits per heavy atom. The second-order valence-corrected chi connectivity index (χ2v) is 5.30. The maximum atomic E-state index is 11.3. The Balaban J connectivity index is 3.03. The summed E-state index contributed by atoms with van der Waals surface area (Å²) in [6.45, 7) is 6.74.